The van der Waals surface area contributed by atoms with E-state index in [1.165, 1.54) is 18.9 Å². The Bertz CT molecular complexity index is 939. The van der Waals surface area contributed by atoms with Crippen LogP contribution in [-0.4, -0.2) is 23.3 Å². The van der Waals surface area contributed by atoms with Crippen molar-refractivity contribution in [1.29, 1.82) is 0 Å². The Labute approximate surface area is 161 Å². The first-order valence-electron chi connectivity index (χ1n) is 8.37. The lowest BCUT2D eigenvalue weighted by atomic mass is 10.1. The fourth-order valence-electron chi connectivity index (χ4n) is 2.41. The molecule has 0 aliphatic heterocycles. The zero-order valence-electron chi connectivity index (χ0n) is 15.4. The number of ether oxygens (including phenoxy) is 2. The van der Waals surface area contributed by atoms with E-state index in [4.69, 9.17) is 13.9 Å². The molecular formula is C20H20N2O4S. The molecule has 0 radical (unpaired) electrons. The molecule has 0 bridgehead atoms. The van der Waals surface area contributed by atoms with Gasteiger partial charge in [-0.1, -0.05) is 36.0 Å². The van der Waals surface area contributed by atoms with Crippen molar-refractivity contribution in [2.24, 2.45) is 0 Å². The first-order chi connectivity index (χ1) is 13.0. The summed E-state index contributed by atoms with van der Waals surface area (Å²) >= 11 is 1.40. The Balaban J connectivity index is 1.57. The van der Waals surface area contributed by atoms with E-state index in [2.05, 4.69) is 10.2 Å². The maximum absolute atomic E-state index is 11.6. The molecule has 1 aromatic heterocycles. The Hall–Kier alpha value is -2.80. The molecule has 3 rings (SSSR count). The molecule has 0 atom stereocenters. The van der Waals surface area contributed by atoms with Gasteiger partial charge >= 0.3 is 5.97 Å². The molecule has 0 aliphatic rings. The second kappa shape index (κ2) is 8.73. The Kier molecular flexibility index (Phi) is 6.13. The standard InChI is InChI=1S/C20H20N2O4S/c1-13-7-8-14(2)17(9-13)25-11-18-21-22-20(26-18)27-12-15-5-4-6-16(10-15)19(23)24-3/h4-10H,11-12H2,1-3H3. The molecular weight excluding hydrogens is 364 g/mol. The van der Waals surface area contributed by atoms with E-state index in [0.29, 0.717) is 22.4 Å². The molecule has 6 nitrogen and oxygen atoms in total. The minimum atomic E-state index is -0.356. The lowest BCUT2D eigenvalue weighted by Crippen LogP contribution is -2.01. The van der Waals surface area contributed by atoms with E-state index in [1.807, 2.05) is 44.2 Å². The van der Waals surface area contributed by atoms with Crippen molar-refractivity contribution < 1.29 is 18.7 Å². The zero-order chi connectivity index (χ0) is 19.2. The van der Waals surface area contributed by atoms with Crippen molar-refractivity contribution in [3.05, 3.63) is 70.6 Å². The highest BCUT2D eigenvalue weighted by Crippen LogP contribution is 2.24. The predicted octanol–water partition coefficient (Wildman–Crippen LogP) is 4.34. The number of aromatic nitrogens is 2. The van der Waals surface area contributed by atoms with Crippen LogP contribution in [0, 0.1) is 13.8 Å². The van der Waals surface area contributed by atoms with Gasteiger partial charge in [0.05, 0.1) is 12.7 Å². The smallest absolute Gasteiger partial charge is 0.337 e. The van der Waals surface area contributed by atoms with Crippen LogP contribution in [0.3, 0.4) is 0 Å². The monoisotopic (exact) mass is 384 g/mol. The molecule has 0 spiro atoms. The van der Waals surface area contributed by atoms with E-state index in [1.54, 1.807) is 12.1 Å². The van der Waals surface area contributed by atoms with Crippen LogP contribution in [-0.2, 0) is 17.1 Å². The lowest BCUT2D eigenvalue weighted by Gasteiger charge is -2.07. The number of rotatable bonds is 7. The summed E-state index contributed by atoms with van der Waals surface area (Å²) in [5.41, 5.74) is 3.67. The number of esters is 1. The summed E-state index contributed by atoms with van der Waals surface area (Å²) in [5, 5.41) is 8.51. The first kappa shape index (κ1) is 19.0. The second-order valence-corrected chi connectivity index (χ2v) is 6.93. The zero-order valence-corrected chi connectivity index (χ0v) is 16.2. The maximum atomic E-state index is 11.6. The number of hydrogen-bond acceptors (Lipinski definition) is 7. The normalized spacial score (nSPS) is 10.6. The molecule has 0 fully saturated rings. The van der Waals surface area contributed by atoms with Gasteiger partial charge in [0.2, 0.25) is 0 Å². The molecule has 0 saturated heterocycles. The molecule has 0 aliphatic carbocycles. The fourth-order valence-corrected chi connectivity index (χ4v) is 3.13. The van der Waals surface area contributed by atoms with E-state index >= 15 is 0 Å². The third-order valence-corrected chi connectivity index (χ3v) is 4.74. The van der Waals surface area contributed by atoms with Gasteiger partial charge in [-0.3, -0.25) is 0 Å². The van der Waals surface area contributed by atoms with Crippen LogP contribution in [0.5, 0.6) is 5.75 Å². The van der Waals surface area contributed by atoms with Gasteiger partial charge in [-0.05, 0) is 48.7 Å². The van der Waals surface area contributed by atoms with E-state index in [9.17, 15) is 4.79 Å². The number of carbonyl (C=O) groups excluding carboxylic acids is 1. The highest BCUT2D eigenvalue weighted by molar-refractivity contribution is 7.98. The molecule has 0 unspecified atom stereocenters. The minimum absolute atomic E-state index is 0.218. The Morgan fingerprint density at radius 2 is 2.00 bits per heavy atom. The lowest BCUT2D eigenvalue weighted by molar-refractivity contribution is 0.0600. The number of methoxy groups -OCH3 is 1. The largest absolute Gasteiger partial charge is 0.484 e. The summed E-state index contributed by atoms with van der Waals surface area (Å²) in [7, 11) is 1.37. The summed E-state index contributed by atoms with van der Waals surface area (Å²) in [6.45, 7) is 4.23. The molecule has 0 amide bonds. The van der Waals surface area contributed by atoms with Gasteiger partial charge in [0, 0.05) is 5.75 Å². The van der Waals surface area contributed by atoms with Crippen molar-refractivity contribution >= 4 is 17.7 Å². The summed E-state index contributed by atoms with van der Waals surface area (Å²) < 4.78 is 16.1. The molecule has 140 valence electrons. The molecule has 2 aromatic carbocycles. The highest BCUT2D eigenvalue weighted by Gasteiger charge is 2.10. The topological polar surface area (TPSA) is 74.5 Å². The average Bonchev–Trinajstić information content (AvgIpc) is 3.14. The van der Waals surface area contributed by atoms with Gasteiger partial charge < -0.3 is 13.9 Å². The minimum Gasteiger partial charge on any atom is -0.484 e. The average molecular weight is 384 g/mol. The number of hydrogen-bond donors (Lipinski definition) is 0. The molecule has 1 heterocycles. The number of benzene rings is 2. The van der Waals surface area contributed by atoms with Crippen molar-refractivity contribution in [2.75, 3.05) is 7.11 Å². The van der Waals surface area contributed by atoms with Gasteiger partial charge in [0.15, 0.2) is 6.61 Å². The Morgan fingerprint density at radius 3 is 2.81 bits per heavy atom. The van der Waals surface area contributed by atoms with Crippen LogP contribution in [0.1, 0.15) is 32.9 Å². The number of carbonyl (C=O) groups is 1. The summed E-state index contributed by atoms with van der Waals surface area (Å²) in [4.78, 5) is 11.6. The molecule has 27 heavy (non-hydrogen) atoms. The SMILES string of the molecule is COC(=O)c1cccc(CSc2nnc(COc3cc(C)ccc3C)o2)c1. The summed E-state index contributed by atoms with van der Waals surface area (Å²) in [6, 6.07) is 13.3. The van der Waals surface area contributed by atoms with E-state index in [-0.39, 0.29) is 12.6 Å². The van der Waals surface area contributed by atoms with Gasteiger partial charge in [0.1, 0.15) is 5.75 Å². The number of aryl methyl sites for hydroxylation is 2. The van der Waals surface area contributed by atoms with E-state index in [0.717, 1.165) is 22.4 Å². The number of nitrogens with zero attached hydrogens (tertiary/aromatic N) is 2. The third-order valence-electron chi connectivity index (χ3n) is 3.85. The fraction of sp³-hybridized carbons (Fsp3) is 0.250. The van der Waals surface area contributed by atoms with Gasteiger partial charge in [0.25, 0.3) is 11.1 Å². The van der Waals surface area contributed by atoms with Crippen molar-refractivity contribution in [1.82, 2.24) is 10.2 Å². The Morgan fingerprint density at radius 1 is 1.15 bits per heavy atom. The summed E-state index contributed by atoms with van der Waals surface area (Å²) in [5.74, 6) is 1.47. The van der Waals surface area contributed by atoms with Crippen molar-refractivity contribution in [3.63, 3.8) is 0 Å². The molecule has 7 heteroatoms. The summed E-state index contributed by atoms with van der Waals surface area (Å²) in [6.07, 6.45) is 0. The third kappa shape index (κ3) is 5.10. The van der Waals surface area contributed by atoms with Crippen LogP contribution in [0.2, 0.25) is 0 Å². The maximum Gasteiger partial charge on any atom is 0.337 e. The highest BCUT2D eigenvalue weighted by atomic mass is 32.2. The van der Waals surface area contributed by atoms with E-state index < -0.39 is 0 Å². The van der Waals surface area contributed by atoms with Gasteiger partial charge in [-0.15, -0.1) is 10.2 Å². The molecule has 3 aromatic rings. The second-order valence-electron chi connectivity index (χ2n) is 6.00. The van der Waals surface area contributed by atoms with Crippen LogP contribution >= 0.6 is 11.8 Å². The quantitative estimate of drug-likeness (QED) is 0.443. The van der Waals surface area contributed by atoms with Crippen LogP contribution in [0.15, 0.2) is 52.1 Å². The van der Waals surface area contributed by atoms with Gasteiger partial charge in [-0.2, -0.15) is 0 Å². The van der Waals surface area contributed by atoms with Crippen LogP contribution < -0.4 is 4.74 Å². The van der Waals surface area contributed by atoms with Crippen LogP contribution in [0.25, 0.3) is 0 Å². The van der Waals surface area contributed by atoms with Crippen molar-refractivity contribution in [3.8, 4) is 5.75 Å². The van der Waals surface area contributed by atoms with Gasteiger partial charge in [-0.25, -0.2) is 4.79 Å². The number of thioether (sulfide) groups is 1. The first-order valence-corrected chi connectivity index (χ1v) is 9.36. The molecule has 0 N–H and O–H groups in total. The predicted molar refractivity (Wildman–Crippen MR) is 102 cm³/mol. The molecule has 0 saturated carbocycles. The van der Waals surface area contributed by atoms with Crippen molar-refractivity contribution in [2.45, 2.75) is 31.4 Å². The van der Waals surface area contributed by atoms with Crippen LogP contribution in [0.4, 0.5) is 0 Å².